The van der Waals surface area contributed by atoms with Crippen LogP contribution in [0.1, 0.15) is 86.5 Å². The number of likely N-dealkylation sites (tertiary alicyclic amines) is 1. The number of primary amides is 1. The minimum atomic E-state index is -1.80. The van der Waals surface area contributed by atoms with E-state index >= 15 is 0 Å². The molecule has 0 aliphatic carbocycles. The zero-order valence-electron chi connectivity index (χ0n) is 37.5. The number of aliphatic carboxylic acids is 3. The Bertz CT molecular complexity index is 1820. The van der Waals surface area contributed by atoms with Gasteiger partial charge in [0.15, 0.2) is 0 Å². The highest BCUT2D eigenvalue weighted by atomic mass is 32.1. The zero-order chi connectivity index (χ0) is 50.7. The Labute approximate surface area is 385 Å². The maximum atomic E-state index is 13.8. The van der Waals surface area contributed by atoms with Crippen molar-refractivity contribution in [2.24, 2.45) is 23.3 Å². The Kier molecular flexibility index (Phi) is 24.0. The second-order valence-electron chi connectivity index (χ2n) is 16.6. The molecule has 0 saturated carbocycles. The molecule has 0 aromatic rings. The Hall–Kier alpha value is -6.09. The van der Waals surface area contributed by atoms with Gasteiger partial charge in [-0.15, -0.1) is 0 Å². The summed E-state index contributed by atoms with van der Waals surface area (Å²) in [5.41, 5.74) is 10.7. The van der Waals surface area contributed by atoms with Crippen LogP contribution in [-0.2, 0) is 57.5 Å². The molecule has 10 atom stereocenters. The van der Waals surface area contributed by atoms with E-state index in [1.54, 1.807) is 27.7 Å². The summed E-state index contributed by atoms with van der Waals surface area (Å²) < 4.78 is 0. The number of rotatable bonds is 28. The summed E-state index contributed by atoms with van der Waals surface area (Å²) in [5.74, 6) is -14.2. The van der Waals surface area contributed by atoms with Gasteiger partial charge in [0, 0.05) is 18.7 Å². The van der Waals surface area contributed by atoms with E-state index in [0.717, 1.165) is 11.8 Å². The molecule has 1 aliphatic rings. The van der Waals surface area contributed by atoms with Crippen LogP contribution in [0.4, 0.5) is 0 Å². The number of thiol groups is 1. The molecule has 9 amide bonds. The summed E-state index contributed by atoms with van der Waals surface area (Å²) in [7, 11) is 0. The normalized spacial score (nSPS) is 17.6. The van der Waals surface area contributed by atoms with Gasteiger partial charge in [-0.05, 0) is 51.4 Å². The first-order chi connectivity index (χ1) is 30.6. The molecule has 1 aliphatic heterocycles. The standard InChI is InChI=1S/C39H64N10O16S/c1-16(2)12-22(34(59)42-18(5)31(56)43-21(9-10-27(52)53)33(58)46-24(39(64)65)13-26(41)51)45-37(62)29(17(3)4)47-36(61)25-8-7-11-49(25)38(63)30(19(6)50)48-35(60)23(14-28(54)55)44-32(57)20(40)15-66/h16-25,29-30,50,66H,7-15,40H2,1-6H3,(H2,41,51)(H,42,59)(H,43,56)(H,44,57)(H,45,62)(H,46,58)(H,47,61)(H,48,60)(H,52,53)(H,54,55)(H,64,65)/t18-,19+,20-,21-,22-,23-,24-,25-,29-,30-/m0/s1. The van der Waals surface area contributed by atoms with Crippen LogP contribution in [0, 0.1) is 11.8 Å². The summed E-state index contributed by atoms with van der Waals surface area (Å²) in [4.78, 5) is 153. The summed E-state index contributed by atoms with van der Waals surface area (Å²) >= 11 is 3.90. The van der Waals surface area contributed by atoms with Gasteiger partial charge in [0.25, 0.3) is 0 Å². The molecular formula is C39H64N10O16S. The smallest absolute Gasteiger partial charge is 0.326 e. The predicted octanol–water partition coefficient (Wildman–Crippen LogP) is -4.97. The number of nitrogens with zero attached hydrogens (tertiary/aromatic N) is 1. The quantitative estimate of drug-likeness (QED) is 0.0327. The summed E-state index contributed by atoms with van der Waals surface area (Å²) in [6, 6.07) is -13.3. The second kappa shape index (κ2) is 27.4. The van der Waals surface area contributed by atoms with Crippen molar-refractivity contribution in [1.29, 1.82) is 0 Å². The molecule has 1 rings (SSSR count). The first-order valence-corrected chi connectivity index (χ1v) is 21.7. The van der Waals surface area contributed by atoms with Gasteiger partial charge >= 0.3 is 17.9 Å². The van der Waals surface area contributed by atoms with Crippen molar-refractivity contribution in [1.82, 2.24) is 42.1 Å². The molecule has 66 heavy (non-hydrogen) atoms. The lowest BCUT2D eigenvalue weighted by atomic mass is 9.99. The molecule has 15 N–H and O–H groups in total. The molecular weight excluding hydrogens is 897 g/mol. The van der Waals surface area contributed by atoms with Crippen molar-refractivity contribution >= 4 is 83.7 Å². The number of aliphatic hydroxyl groups excluding tert-OH is 1. The average Bonchev–Trinajstić information content (AvgIpc) is 3.71. The fourth-order valence-corrected chi connectivity index (χ4v) is 6.67. The number of amides is 9. The van der Waals surface area contributed by atoms with Gasteiger partial charge < -0.3 is 74.0 Å². The molecule has 27 heteroatoms. The highest BCUT2D eigenvalue weighted by Gasteiger charge is 2.42. The summed E-state index contributed by atoms with van der Waals surface area (Å²) in [5, 5.41) is 54.8. The lowest BCUT2D eigenvalue weighted by molar-refractivity contribution is -0.145. The average molecular weight is 961 g/mol. The van der Waals surface area contributed by atoms with Crippen molar-refractivity contribution in [3.05, 3.63) is 0 Å². The number of carboxylic acid groups (broad SMARTS) is 3. The van der Waals surface area contributed by atoms with Gasteiger partial charge in [0.1, 0.15) is 48.3 Å². The monoisotopic (exact) mass is 960 g/mol. The second-order valence-corrected chi connectivity index (χ2v) is 16.9. The van der Waals surface area contributed by atoms with E-state index in [4.69, 9.17) is 16.6 Å². The van der Waals surface area contributed by atoms with Crippen LogP contribution in [0.15, 0.2) is 0 Å². The number of aliphatic hydroxyl groups is 1. The number of carbonyl (C=O) groups excluding carboxylic acids is 9. The Morgan fingerprint density at radius 1 is 0.652 bits per heavy atom. The van der Waals surface area contributed by atoms with E-state index in [-0.39, 0.29) is 37.5 Å². The fraction of sp³-hybridized carbons (Fsp3) is 0.692. The molecule has 1 heterocycles. The number of carboxylic acids is 3. The first-order valence-electron chi connectivity index (χ1n) is 21.0. The van der Waals surface area contributed by atoms with E-state index in [2.05, 4.69) is 44.5 Å². The molecule has 0 radical (unpaired) electrons. The van der Waals surface area contributed by atoms with Gasteiger partial charge in [-0.25, -0.2) is 4.79 Å². The molecule has 0 bridgehead atoms. The van der Waals surface area contributed by atoms with E-state index in [9.17, 15) is 72.9 Å². The van der Waals surface area contributed by atoms with Crippen LogP contribution >= 0.6 is 12.6 Å². The van der Waals surface area contributed by atoms with Crippen LogP contribution in [0.25, 0.3) is 0 Å². The molecule has 0 aromatic heterocycles. The van der Waals surface area contributed by atoms with Gasteiger partial charge in [-0.1, -0.05) is 27.7 Å². The van der Waals surface area contributed by atoms with E-state index in [0.29, 0.717) is 0 Å². The van der Waals surface area contributed by atoms with Crippen LogP contribution in [0.3, 0.4) is 0 Å². The molecule has 1 fully saturated rings. The maximum absolute atomic E-state index is 13.8. The number of nitrogens with one attached hydrogen (secondary N) is 7. The van der Waals surface area contributed by atoms with Crippen LogP contribution in [0.2, 0.25) is 0 Å². The van der Waals surface area contributed by atoms with E-state index in [1.807, 2.05) is 5.32 Å². The van der Waals surface area contributed by atoms with Crippen LogP contribution < -0.4 is 48.7 Å². The number of carbonyl (C=O) groups is 12. The number of hydrogen-bond donors (Lipinski definition) is 14. The Morgan fingerprint density at radius 3 is 1.70 bits per heavy atom. The Balaban J connectivity index is 3.22. The fourth-order valence-electron chi connectivity index (χ4n) is 6.51. The van der Waals surface area contributed by atoms with Crippen molar-refractivity contribution in [2.75, 3.05) is 12.3 Å². The van der Waals surface area contributed by atoms with Crippen LogP contribution in [0.5, 0.6) is 0 Å². The van der Waals surface area contributed by atoms with Gasteiger partial charge in [-0.2, -0.15) is 12.6 Å². The molecule has 0 spiro atoms. The van der Waals surface area contributed by atoms with Crippen molar-refractivity contribution in [3.63, 3.8) is 0 Å². The molecule has 372 valence electrons. The van der Waals surface area contributed by atoms with Gasteiger partial charge in [-0.3, -0.25) is 52.7 Å². The highest BCUT2D eigenvalue weighted by molar-refractivity contribution is 7.80. The number of hydrogen-bond acceptors (Lipinski definition) is 15. The van der Waals surface area contributed by atoms with Crippen molar-refractivity contribution in [2.45, 2.75) is 147 Å². The lowest BCUT2D eigenvalue weighted by Crippen LogP contribution is -2.62. The Morgan fingerprint density at radius 2 is 1.20 bits per heavy atom. The lowest BCUT2D eigenvalue weighted by Gasteiger charge is -2.32. The zero-order valence-corrected chi connectivity index (χ0v) is 38.4. The molecule has 1 saturated heterocycles. The van der Waals surface area contributed by atoms with Crippen molar-refractivity contribution < 1.29 is 78.0 Å². The molecule has 26 nitrogen and oxygen atoms in total. The molecule has 0 unspecified atom stereocenters. The van der Waals surface area contributed by atoms with Crippen LogP contribution in [-0.4, -0.2) is 169 Å². The van der Waals surface area contributed by atoms with Gasteiger partial charge in [0.2, 0.25) is 53.2 Å². The SMILES string of the molecule is CC(C)C[C@H](NC(=O)[C@@H](NC(=O)[C@@H]1CCCN1C(=O)[C@@H](NC(=O)[C@H](CC(=O)O)NC(=O)[C@@H](N)CS)[C@@H](C)O)C(C)C)C(=O)N[C@@H](C)C(=O)N[C@@H](CCC(=O)O)C(=O)N[C@@H](CC(N)=O)C(=O)O. The first kappa shape index (κ1) is 57.9. The third-order valence-corrected chi connectivity index (χ3v) is 10.5. The minimum absolute atomic E-state index is 0.0150. The summed E-state index contributed by atoms with van der Waals surface area (Å²) in [6.07, 6.45) is -4.07. The third-order valence-electron chi connectivity index (χ3n) is 10.1. The topological polar surface area (TPSA) is 425 Å². The largest absolute Gasteiger partial charge is 0.481 e. The van der Waals surface area contributed by atoms with E-state index < -0.39 is 163 Å². The summed E-state index contributed by atoms with van der Waals surface area (Å²) in [6.45, 7) is 8.99. The maximum Gasteiger partial charge on any atom is 0.326 e. The predicted molar refractivity (Wildman–Crippen MR) is 232 cm³/mol. The van der Waals surface area contributed by atoms with Crippen molar-refractivity contribution in [3.8, 4) is 0 Å². The van der Waals surface area contributed by atoms with E-state index in [1.165, 1.54) is 6.92 Å². The highest BCUT2D eigenvalue weighted by Crippen LogP contribution is 2.21. The van der Waals surface area contributed by atoms with Gasteiger partial charge in [0.05, 0.1) is 25.0 Å². The minimum Gasteiger partial charge on any atom is -0.481 e. The molecule has 0 aromatic carbocycles. The third kappa shape index (κ3) is 19.2. The number of nitrogens with two attached hydrogens (primary N) is 2.